The van der Waals surface area contributed by atoms with Crippen molar-refractivity contribution in [3.05, 3.63) is 69.7 Å². The molecule has 0 amide bonds. The van der Waals surface area contributed by atoms with Crippen LogP contribution in [0.3, 0.4) is 0 Å². The van der Waals surface area contributed by atoms with Crippen LogP contribution in [0.1, 0.15) is 18.1 Å². The maximum absolute atomic E-state index is 6.02. The summed E-state index contributed by atoms with van der Waals surface area (Å²) in [6.45, 7) is 7.62. The number of hydrogen-bond acceptors (Lipinski definition) is 6. The van der Waals surface area contributed by atoms with Crippen LogP contribution in [-0.4, -0.2) is 26.8 Å². The number of tetrazole rings is 1. The highest BCUT2D eigenvalue weighted by atomic mass is 79.9. The second kappa shape index (κ2) is 10.3. The molecule has 0 unspecified atom stereocenters. The molecule has 0 saturated heterocycles. The number of rotatable bonds is 10. The molecule has 0 aliphatic heterocycles. The Balaban J connectivity index is 1.73. The summed E-state index contributed by atoms with van der Waals surface area (Å²) in [6.07, 6.45) is 1.73. The summed E-state index contributed by atoms with van der Waals surface area (Å²) in [5, 5.41) is 15.5. The van der Waals surface area contributed by atoms with Crippen molar-refractivity contribution in [3.8, 4) is 11.5 Å². The molecule has 1 heterocycles. The first-order valence-electron chi connectivity index (χ1n) is 9.04. The predicted molar refractivity (Wildman–Crippen MR) is 116 cm³/mol. The monoisotopic (exact) mass is 477 g/mol. The zero-order valence-corrected chi connectivity index (χ0v) is 18.3. The second-order valence-corrected chi connectivity index (χ2v) is 7.37. The van der Waals surface area contributed by atoms with Crippen LogP contribution in [0, 0.1) is 0 Å². The summed E-state index contributed by atoms with van der Waals surface area (Å²) >= 11 is 9.54. The molecule has 0 fully saturated rings. The number of nitrogens with zero attached hydrogens (tertiary/aromatic N) is 4. The largest absolute Gasteiger partial charge is 0.490 e. The lowest BCUT2D eigenvalue weighted by molar-refractivity contribution is 0.267. The van der Waals surface area contributed by atoms with Crippen LogP contribution in [0.2, 0.25) is 5.02 Å². The molecule has 0 aliphatic rings. The van der Waals surface area contributed by atoms with Gasteiger partial charge in [0.2, 0.25) is 5.95 Å². The third-order valence-electron chi connectivity index (χ3n) is 3.95. The lowest BCUT2D eigenvalue weighted by Gasteiger charge is -2.16. The summed E-state index contributed by atoms with van der Waals surface area (Å²) < 4.78 is 14.3. The first-order valence-corrected chi connectivity index (χ1v) is 10.2. The third-order valence-corrected chi connectivity index (χ3v) is 4.79. The Kier molecular flexibility index (Phi) is 7.48. The molecule has 29 heavy (non-hydrogen) atoms. The van der Waals surface area contributed by atoms with Crippen molar-refractivity contribution in [1.29, 1.82) is 0 Å². The first-order chi connectivity index (χ1) is 14.1. The van der Waals surface area contributed by atoms with Gasteiger partial charge in [-0.25, -0.2) is 4.68 Å². The van der Waals surface area contributed by atoms with E-state index in [0.717, 1.165) is 15.6 Å². The highest BCUT2D eigenvalue weighted by Gasteiger charge is 2.13. The highest BCUT2D eigenvalue weighted by molar-refractivity contribution is 9.10. The Morgan fingerprint density at radius 2 is 2.00 bits per heavy atom. The normalized spacial score (nSPS) is 10.6. The smallest absolute Gasteiger partial charge is 0.243 e. The molecule has 0 saturated carbocycles. The molecular weight excluding hydrogens is 458 g/mol. The van der Waals surface area contributed by atoms with Gasteiger partial charge in [0.25, 0.3) is 0 Å². The van der Waals surface area contributed by atoms with E-state index in [2.05, 4.69) is 43.4 Å². The van der Waals surface area contributed by atoms with Crippen molar-refractivity contribution in [2.75, 3.05) is 11.9 Å². The molecular formula is C20H21BrClN5O2. The summed E-state index contributed by atoms with van der Waals surface area (Å²) in [7, 11) is 0. The van der Waals surface area contributed by atoms with Crippen molar-refractivity contribution in [1.82, 2.24) is 20.2 Å². The van der Waals surface area contributed by atoms with Gasteiger partial charge in [-0.05, 0) is 68.7 Å². The Morgan fingerprint density at radius 1 is 1.21 bits per heavy atom. The van der Waals surface area contributed by atoms with E-state index < -0.39 is 0 Å². The fourth-order valence-electron chi connectivity index (χ4n) is 2.62. The summed E-state index contributed by atoms with van der Waals surface area (Å²) in [5.41, 5.74) is 2.01. The number of anilines is 1. The molecule has 0 radical (unpaired) electrons. The second-order valence-electron chi connectivity index (χ2n) is 6.08. The molecule has 7 nitrogen and oxygen atoms in total. The van der Waals surface area contributed by atoms with E-state index in [4.69, 9.17) is 21.1 Å². The number of benzene rings is 2. The Morgan fingerprint density at radius 3 is 2.72 bits per heavy atom. The molecule has 1 aromatic heterocycles. The van der Waals surface area contributed by atoms with Gasteiger partial charge in [0.05, 0.1) is 17.6 Å². The van der Waals surface area contributed by atoms with E-state index in [0.29, 0.717) is 48.8 Å². The van der Waals surface area contributed by atoms with Crippen LogP contribution < -0.4 is 14.8 Å². The third kappa shape index (κ3) is 5.71. The molecule has 2 aromatic carbocycles. The van der Waals surface area contributed by atoms with E-state index in [-0.39, 0.29) is 0 Å². The van der Waals surface area contributed by atoms with Crippen LogP contribution in [0.5, 0.6) is 11.5 Å². The van der Waals surface area contributed by atoms with Gasteiger partial charge in [-0.1, -0.05) is 34.9 Å². The van der Waals surface area contributed by atoms with Gasteiger partial charge in [-0.15, -0.1) is 6.58 Å². The standard InChI is InChI=1S/C20H21BrClN5O2/c1-3-9-27-20(24-25-26-27)23-12-15-10-17(21)19(18(11-15)28-4-2)29-13-14-5-7-16(22)8-6-14/h3,5-8,10-11H,1,4,9,12-13H2,2H3,(H,23,24,26). The topological polar surface area (TPSA) is 74.1 Å². The van der Waals surface area contributed by atoms with Crippen molar-refractivity contribution in [3.63, 3.8) is 0 Å². The van der Waals surface area contributed by atoms with Gasteiger partial charge in [-0.3, -0.25) is 0 Å². The molecule has 0 atom stereocenters. The van der Waals surface area contributed by atoms with E-state index >= 15 is 0 Å². The van der Waals surface area contributed by atoms with Gasteiger partial charge < -0.3 is 14.8 Å². The fraction of sp³-hybridized carbons (Fsp3) is 0.250. The maximum Gasteiger partial charge on any atom is 0.243 e. The van der Waals surface area contributed by atoms with Crippen molar-refractivity contribution in [2.45, 2.75) is 26.6 Å². The SMILES string of the molecule is C=CCn1nnnc1NCc1cc(Br)c(OCc2ccc(Cl)cc2)c(OCC)c1. The molecule has 3 rings (SSSR count). The minimum absolute atomic E-state index is 0.407. The Labute approximate surface area is 182 Å². The van der Waals surface area contributed by atoms with Gasteiger partial charge in [0.15, 0.2) is 11.5 Å². The Bertz CT molecular complexity index is 962. The lowest BCUT2D eigenvalue weighted by Crippen LogP contribution is -2.09. The zero-order chi connectivity index (χ0) is 20.6. The molecule has 0 spiro atoms. The maximum atomic E-state index is 6.02. The summed E-state index contributed by atoms with van der Waals surface area (Å²) in [4.78, 5) is 0. The molecule has 0 aliphatic carbocycles. The quantitative estimate of drug-likeness (QED) is 0.419. The molecule has 0 bridgehead atoms. The Hall–Kier alpha value is -2.58. The fourth-order valence-corrected chi connectivity index (χ4v) is 3.35. The van der Waals surface area contributed by atoms with Crippen molar-refractivity contribution in [2.24, 2.45) is 0 Å². The van der Waals surface area contributed by atoms with E-state index in [1.807, 2.05) is 43.3 Å². The number of halogens is 2. The minimum Gasteiger partial charge on any atom is -0.490 e. The number of nitrogens with one attached hydrogen (secondary N) is 1. The molecule has 9 heteroatoms. The van der Waals surface area contributed by atoms with Crippen LogP contribution in [-0.2, 0) is 19.7 Å². The van der Waals surface area contributed by atoms with Gasteiger partial charge in [-0.2, -0.15) is 0 Å². The number of ether oxygens (including phenoxy) is 2. The van der Waals surface area contributed by atoms with Crippen LogP contribution in [0.25, 0.3) is 0 Å². The van der Waals surface area contributed by atoms with Crippen molar-refractivity contribution < 1.29 is 9.47 Å². The van der Waals surface area contributed by atoms with Crippen LogP contribution in [0.15, 0.2) is 53.5 Å². The molecule has 1 N–H and O–H groups in total. The van der Waals surface area contributed by atoms with E-state index in [1.54, 1.807) is 10.8 Å². The number of allylic oxidation sites excluding steroid dienone is 1. The average Bonchev–Trinajstić information content (AvgIpc) is 3.15. The number of aromatic nitrogens is 4. The summed E-state index contributed by atoms with van der Waals surface area (Å²) in [6, 6.07) is 11.5. The van der Waals surface area contributed by atoms with Gasteiger partial charge in [0, 0.05) is 11.6 Å². The average molecular weight is 479 g/mol. The van der Waals surface area contributed by atoms with Gasteiger partial charge in [0.1, 0.15) is 6.61 Å². The number of hydrogen-bond donors (Lipinski definition) is 1. The predicted octanol–water partition coefficient (Wildman–Crippen LogP) is 4.86. The summed E-state index contributed by atoms with van der Waals surface area (Å²) in [5.74, 6) is 1.89. The molecule has 3 aromatic rings. The lowest BCUT2D eigenvalue weighted by atomic mass is 10.2. The van der Waals surface area contributed by atoms with Crippen molar-refractivity contribution >= 4 is 33.5 Å². The van der Waals surface area contributed by atoms with E-state index in [9.17, 15) is 0 Å². The van der Waals surface area contributed by atoms with Crippen LogP contribution >= 0.6 is 27.5 Å². The first kappa shape index (κ1) is 21.1. The van der Waals surface area contributed by atoms with Crippen LogP contribution in [0.4, 0.5) is 5.95 Å². The zero-order valence-electron chi connectivity index (χ0n) is 15.9. The minimum atomic E-state index is 0.407. The van der Waals surface area contributed by atoms with E-state index in [1.165, 1.54) is 0 Å². The van der Waals surface area contributed by atoms with Gasteiger partial charge >= 0.3 is 0 Å². The highest BCUT2D eigenvalue weighted by Crippen LogP contribution is 2.37. The molecule has 152 valence electrons.